The zero-order chi connectivity index (χ0) is 12.8. The lowest BCUT2D eigenvalue weighted by molar-refractivity contribution is -0.133. The van der Waals surface area contributed by atoms with Crippen molar-refractivity contribution in [1.29, 1.82) is 0 Å². The van der Waals surface area contributed by atoms with Crippen LogP contribution in [-0.2, 0) is 9.59 Å². The number of carbonyl (C=O) groups excluding carboxylic acids is 1. The molecular weight excluding hydrogens is 240 g/mol. The highest BCUT2D eigenvalue weighted by molar-refractivity contribution is 8.00. The quantitative estimate of drug-likeness (QED) is 0.831. The van der Waals surface area contributed by atoms with Gasteiger partial charge in [0.15, 0.2) is 0 Å². The first-order chi connectivity index (χ1) is 7.97. The molecule has 0 aromatic carbocycles. The van der Waals surface area contributed by atoms with E-state index in [2.05, 4.69) is 10.3 Å². The maximum atomic E-state index is 11.5. The Morgan fingerprint density at radius 2 is 2.06 bits per heavy atom. The largest absolute Gasteiger partial charge is 0.481 e. The van der Waals surface area contributed by atoms with E-state index < -0.39 is 5.97 Å². The Balaban J connectivity index is 2.47. The summed E-state index contributed by atoms with van der Waals surface area (Å²) < 4.78 is 0. The number of carboxylic acid groups (broad SMARTS) is 1. The number of amides is 1. The van der Waals surface area contributed by atoms with Gasteiger partial charge in [-0.25, -0.2) is 4.98 Å². The van der Waals surface area contributed by atoms with Crippen molar-refractivity contribution >= 4 is 29.5 Å². The number of anilines is 1. The summed E-state index contributed by atoms with van der Waals surface area (Å²) in [5.74, 6) is -0.626. The van der Waals surface area contributed by atoms with E-state index >= 15 is 0 Å². The number of carbonyl (C=O) groups is 2. The lowest BCUT2D eigenvalue weighted by Crippen LogP contribution is -2.16. The Kier molecular flexibility index (Phi) is 4.96. The highest BCUT2D eigenvalue weighted by atomic mass is 32.2. The molecule has 0 fully saturated rings. The van der Waals surface area contributed by atoms with E-state index in [-0.39, 0.29) is 17.4 Å². The Morgan fingerprint density at radius 3 is 2.65 bits per heavy atom. The lowest BCUT2D eigenvalue weighted by atomic mass is 10.2. The molecule has 0 saturated carbocycles. The fourth-order valence-electron chi connectivity index (χ4n) is 1.32. The van der Waals surface area contributed by atoms with Gasteiger partial charge in [-0.15, -0.1) is 11.8 Å². The molecule has 1 heterocycles. The van der Waals surface area contributed by atoms with Crippen molar-refractivity contribution < 1.29 is 14.7 Å². The molecule has 1 amide bonds. The second-order valence-electron chi connectivity index (χ2n) is 3.61. The van der Waals surface area contributed by atoms with Crippen LogP contribution in [0.25, 0.3) is 0 Å². The molecule has 0 bridgehead atoms. The third-order valence-electron chi connectivity index (χ3n) is 1.82. The first-order valence-corrected chi connectivity index (χ1v) is 6.17. The van der Waals surface area contributed by atoms with Crippen LogP contribution in [0.1, 0.15) is 11.3 Å². The van der Waals surface area contributed by atoms with E-state index in [1.807, 2.05) is 19.9 Å². The van der Waals surface area contributed by atoms with E-state index in [0.717, 1.165) is 23.0 Å². The van der Waals surface area contributed by atoms with E-state index in [9.17, 15) is 9.59 Å². The predicted molar refractivity (Wildman–Crippen MR) is 67.3 cm³/mol. The van der Waals surface area contributed by atoms with Gasteiger partial charge in [-0.2, -0.15) is 0 Å². The van der Waals surface area contributed by atoms with Crippen molar-refractivity contribution in [3.8, 4) is 0 Å². The van der Waals surface area contributed by atoms with Crippen LogP contribution in [0.2, 0.25) is 0 Å². The minimum absolute atomic E-state index is 0.0757. The second kappa shape index (κ2) is 6.24. The average Bonchev–Trinajstić information content (AvgIpc) is 2.14. The Labute approximate surface area is 104 Å². The Hall–Kier alpha value is -1.56. The molecule has 0 aliphatic carbocycles. The van der Waals surface area contributed by atoms with Crippen molar-refractivity contribution in [2.24, 2.45) is 0 Å². The van der Waals surface area contributed by atoms with Crippen LogP contribution in [0.5, 0.6) is 0 Å². The van der Waals surface area contributed by atoms with Gasteiger partial charge in [-0.05, 0) is 31.5 Å². The van der Waals surface area contributed by atoms with E-state index in [4.69, 9.17) is 5.11 Å². The molecular formula is C11H14N2O3S. The number of aryl methyl sites for hydroxylation is 2. The maximum absolute atomic E-state index is 11.5. The van der Waals surface area contributed by atoms with Gasteiger partial charge < -0.3 is 10.4 Å². The molecule has 1 aromatic heterocycles. The smallest absolute Gasteiger partial charge is 0.313 e. The molecule has 0 atom stereocenters. The van der Waals surface area contributed by atoms with Crippen LogP contribution in [0.15, 0.2) is 12.1 Å². The van der Waals surface area contributed by atoms with Crippen LogP contribution >= 0.6 is 11.8 Å². The number of aliphatic carboxylic acids is 1. The highest BCUT2D eigenvalue weighted by Crippen LogP contribution is 2.09. The first kappa shape index (κ1) is 13.5. The molecule has 92 valence electrons. The van der Waals surface area contributed by atoms with Crippen LogP contribution in [-0.4, -0.2) is 33.5 Å². The fraction of sp³-hybridized carbons (Fsp3) is 0.364. The van der Waals surface area contributed by atoms with Gasteiger partial charge in [0, 0.05) is 5.69 Å². The summed E-state index contributed by atoms with van der Waals surface area (Å²) in [7, 11) is 0. The molecule has 1 aromatic rings. The molecule has 1 rings (SSSR count). The summed E-state index contributed by atoms with van der Waals surface area (Å²) in [4.78, 5) is 25.9. The Morgan fingerprint density at radius 1 is 1.35 bits per heavy atom. The molecule has 0 radical (unpaired) electrons. The second-order valence-corrected chi connectivity index (χ2v) is 4.59. The fourth-order valence-corrected chi connectivity index (χ4v) is 1.85. The van der Waals surface area contributed by atoms with Gasteiger partial charge in [0.1, 0.15) is 5.82 Å². The molecule has 0 saturated heterocycles. The van der Waals surface area contributed by atoms with Gasteiger partial charge in [0.25, 0.3) is 0 Å². The molecule has 6 heteroatoms. The Bertz CT molecular complexity index is 414. The SMILES string of the molecule is Cc1cc(C)nc(NC(=O)CSCC(=O)O)c1. The van der Waals surface area contributed by atoms with Crippen LogP contribution < -0.4 is 5.32 Å². The zero-order valence-corrected chi connectivity index (χ0v) is 10.5. The average molecular weight is 254 g/mol. The predicted octanol–water partition coefficient (Wildman–Crippen LogP) is 1.45. The first-order valence-electron chi connectivity index (χ1n) is 5.02. The lowest BCUT2D eigenvalue weighted by Gasteiger charge is -2.05. The van der Waals surface area contributed by atoms with Crippen molar-refractivity contribution in [3.63, 3.8) is 0 Å². The van der Waals surface area contributed by atoms with Crippen molar-refractivity contribution in [1.82, 2.24) is 4.98 Å². The van der Waals surface area contributed by atoms with Gasteiger partial charge in [-0.3, -0.25) is 9.59 Å². The van der Waals surface area contributed by atoms with E-state index in [1.54, 1.807) is 6.07 Å². The number of rotatable bonds is 5. The number of carboxylic acids is 1. The molecule has 0 unspecified atom stereocenters. The molecule has 0 aliphatic heterocycles. The van der Waals surface area contributed by atoms with Gasteiger partial charge in [0.2, 0.25) is 5.91 Å². The number of nitrogens with one attached hydrogen (secondary N) is 1. The summed E-state index contributed by atoms with van der Waals surface area (Å²) in [6, 6.07) is 3.68. The number of thioether (sulfide) groups is 1. The summed E-state index contributed by atoms with van der Waals surface area (Å²) in [5.41, 5.74) is 1.85. The third-order valence-corrected chi connectivity index (χ3v) is 2.74. The number of aromatic nitrogens is 1. The van der Waals surface area contributed by atoms with E-state index in [0.29, 0.717) is 5.82 Å². The van der Waals surface area contributed by atoms with Gasteiger partial charge in [0.05, 0.1) is 11.5 Å². The normalized spacial score (nSPS) is 10.0. The standard InChI is InChI=1S/C11H14N2O3S/c1-7-3-8(2)12-9(4-7)13-10(14)5-17-6-11(15)16/h3-4H,5-6H2,1-2H3,(H,15,16)(H,12,13,14). The topological polar surface area (TPSA) is 79.3 Å². The zero-order valence-electron chi connectivity index (χ0n) is 9.69. The minimum Gasteiger partial charge on any atom is -0.481 e. The monoisotopic (exact) mass is 254 g/mol. The molecule has 2 N–H and O–H groups in total. The number of pyridine rings is 1. The molecule has 0 spiro atoms. The molecule has 17 heavy (non-hydrogen) atoms. The van der Waals surface area contributed by atoms with Crippen LogP contribution in [0.4, 0.5) is 5.82 Å². The third kappa shape index (κ3) is 5.35. The molecule has 5 nitrogen and oxygen atoms in total. The van der Waals surface area contributed by atoms with Gasteiger partial charge in [-0.1, -0.05) is 0 Å². The number of hydrogen-bond donors (Lipinski definition) is 2. The summed E-state index contributed by atoms with van der Waals surface area (Å²) in [5, 5.41) is 11.1. The van der Waals surface area contributed by atoms with Crippen molar-refractivity contribution in [3.05, 3.63) is 23.4 Å². The highest BCUT2D eigenvalue weighted by Gasteiger charge is 2.06. The van der Waals surface area contributed by atoms with Gasteiger partial charge >= 0.3 is 5.97 Å². The maximum Gasteiger partial charge on any atom is 0.313 e. The van der Waals surface area contributed by atoms with Crippen molar-refractivity contribution in [2.75, 3.05) is 16.8 Å². The van der Waals surface area contributed by atoms with E-state index in [1.165, 1.54) is 0 Å². The van der Waals surface area contributed by atoms with Crippen LogP contribution in [0.3, 0.4) is 0 Å². The number of hydrogen-bond acceptors (Lipinski definition) is 4. The minimum atomic E-state index is -0.924. The van der Waals surface area contributed by atoms with Crippen LogP contribution in [0, 0.1) is 13.8 Å². The summed E-state index contributed by atoms with van der Waals surface area (Å²) in [6.45, 7) is 3.77. The van der Waals surface area contributed by atoms with Crippen molar-refractivity contribution in [2.45, 2.75) is 13.8 Å². The summed E-state index contributed by atoms with van der Waals surface area (Å²) in [6.07, 6.45) is 0. The summed E-state index contributed by atoms with van der Waals surface area (Å²) >= 11 is 1.06. The molecule has 0 aliphatic rings. The number of nitrogens with zero attached hydrogens (tertiary/aromatic N) is 1.